The summed E-state index contributed by atoms with van der Waals surface area (Å²) < 4.78 is 16.5. The van der Waals surface area contributed by atoms with Crippen LogP contribution in [0.15, 0.2) is 60.8 Å². The standard InChI is InChI=1S/C43H72O6/c1-4-7-10-13-16-19-20-21-22-25-27-30-33-36-42(45)48-39-40(49-43(46)37-34-31-28-24-18-15-12-9-6-3)38-47-41(44)35-32-29-26-23-17-14-11-8-5-2/h7,9-10,12-13,16,18-20,24,40H,4-6,8,11,14-15,17,21-23,25-39H2,1-3H3/b10-7-,12-9-,16-13-,20-19-,24-18-. The number of allylic oxidation sites excluding steroid dienone is 10. The fraction of sp³-hybridized carbons (Fsp3) is 0.698. The average molecular weight is 685 g/mol. The van der Waals surface area contributed by atoms with Gasteiger partial charge in [-0.1, -0.05) is 152 Å². The number of esters is 3. The molecule has 0 aromatic carbocycles. The Morgan fingerprint density at radius 3 is 1.49 bits per heavy atom. The van der Waals surface area contributed by atoms with Crippen molar-refractivity contribution in [3.8, 4) is 0 Å². The smallest absolute Gasteiger partial charge is 0.306 e. The van der Waals surface area contributed by atoms with Crippen LogP contribution in [0.3, 0.4) is 0 Å². The molecular weight excluding hydrogens is 612 g/mol. The average Bonchev–Trinajstić information content (AvgIpc) is 3.10. The fourth-order valence-electron chi connectivity index (χ4n) is 5.12. The van der Waals surface area contributed by atoms with E-state index in [4.69, 9.17) is 14.2 Å². The van der Waals surface area contributed by atoms with Gasteiger partial charge in [-0.2, -0.15) is 0 Å². The molecule has 6 nitrogen and oxygen atoms in total. The lowest BCUT2D eigenvalue weighted by atomic mass is 10.1. The maximum atomic E-state index is 12.6. The van der Waals surface area contributed by atoms with Gasteiger partial charge in [-0.15, -0.1) is 0 Å². The zero-order valence-corrected chi connectivity index (χ0v) is 31.7. The van der Waals surface area contributed by atoms with Crippen LogP contribution in [-0.4, -0.2) is 37.2 Å². The second kappa shape index (κ2) is 37.9. The first-order valence-corrected chi connectivity index (χ1v) is 19.8. The molecule has 0 saturated carbocycles. The molecule has 0 aliphatic rings. The number of hydrogen-bond acceptors (Lipinski definition) is 6. The monoisotopic (exact) mass is 685 g/mol. The van der Waals surface area contributed by atoms with Gasteiger partial charge in [0.2, 0.25) is 0 Å². The largest absolute Gasteiger partial charge is 0.462 e. The van der Waals surface area contributed by atoms with Crippen molar-refractivity contribution < 1.29 is 28.6 Å². The second-order valence-electron chi connectivity index (χ2n) is 12.8. The number of carbonyl (C=O) groups excluding carboxylic acids is 3. The van der Waals surface area contributed by atoms with Gasteiger partial charge >= 0.3 is 17.9 Å². The Hall–Kier alpha value is -2.89. The van der Waals surface area contributed by atoms with Crippen LogP contribution in [0.5, 0.6) is 0 Å². The van der Waals surface area contributed by atoms with Crippen LogP contribution in [0.4, 0.5) is 0 Å². The van der Waals surface area contributed by atoms with Crippen LogP contribution in [0, 0.1) is 0 Å². The van der Waals surface area contributed by atoms with E-state index in [0.717, 1.165) is 89.9 Å². The number of carbonyl (C=O) groups is 3. The summed E-state index contributed by atoms with van der Waals surface area (Å²) >= 11 is 0. The van der Waals surface area contributed by atoms with Gasteiger partial charge in [0.1, 0.15) is 13.2 Å². The second-order valence-corrected chi connectivity index (χ2v) is 12.8. The Morgan fingerprint density at radius 1 is 0.449 bits per heavy atom. The molecule has 0 amide bonds. The van der Waals surface area contributed by atoms with Crippen LogP contribution in [0.25, 0.3) is 0 Å². The molecule has 0 aliphatic heterocycles. The Morgan fingerprint density at radius 2 is 0.898 bits per heavy atom. The Labute approximate surface area is 300 Å². The highest BCUT2D eigenvalue weighted by atomic mass is 16.6. The molecule has 0 bridgehead atoms. The van der Waals surface area contributed by atoms with Gasteiger partial charge in [0.25, 0.3) is 0 Å². The predicted octanol–water partition coefficient (Wildman–Crippen LogP) is 12.2. The van der Waals surface area contributed by atoms with Crippen molar-refractivity contribution in [2.24, 2.45) is 0 Å². The third-order valence-electron chi connectivity index (χ3n) is 8.08. The minimum atomic E-state index is -0.792. The van der Waals surface area contributed by atoms with E-state index in [1.165, 1.54) is 38.5 Å². The van der Waals surface area contributed by atoms with E-state index in [1.807, 2.05) is 6.08 Å². The van der Waals surface area contributed by atoms with Crippen LogP contribution < -0.4 is 0 Å². The number of unbranched alkanes of at least 4 members (excludes halogenated alkanes) is 15. The Bertz CT molecular complexity index is 929. The molecule has 0 rings (SSSR count). The minimum Gasteiger partial charge on any atom is -0.462 e. The third kappa shape index (κ3) is 36.2. The van der Waals surface area contributed by atoms with Gasteiger partial charge in [0.15, 0.2) is 6.10 Å². The number of rotatable bonds is 34. The first-order chi connectivity index (χ1) is 24.0. The van der Waals surface area contributed by atoms with Crippen molar-refractivity contribution in [2.45, 2.75) is 181 Å². The summed E-state index contributed by atoms with van der Waals surface area (Å²) in [5, 5.41) is 0. The van der Waals surface area contributed by atoms with Gasteiger partial charge < -0.3 is 14.2 Å². The lowest BCUT2D eigenvalue weighted by Crippen LogP contribution is -2.30. The normalized spacial score (nSPS) is 12.6. The minimum absolute atomic E-state index is 0.0943. The van der Waals surface area contributed by atoms with E-state index in [1.54, 1.807) is 0 Å². The summed E-state index contributed by atoms with van der Waals surface area (Å²) in [6.45, 7) is 6.27. The van der Waals surface area contributed by atoms with Crippen molar-refractivity contribution in [3.63, 3.8) is 0 Å². The molecule has 1 atom stereocenters. The van der Waals surface area contributed by atoms with Crippen LogP contribution in [-0.2, 0) is 28.6 Å². The van der Waals surface area contributed by atoms with Gasteiger partial charge in [0.05, 0.1) is 0 Å². The van der Waals surface area contributed by atoms with Crippen molar-refractivity contribution in [1.29, 1.82) is 0 Å². The fourth-order valence-corrected chi connectivity index (χ4v) is 5.12. The van der Waals surface area contributed by atoms with E-state index >= 15 is 0 Å². The Kier molecular flexibility index (Phi) is 35.7. The molecule has 0 saturated heterocycles. The molecule has 0 aromatic heterocycles. The maximum Gasteiger partial charge on any atom is 0.306 e. The van der Waals surface area contributed by atoms with Crippen molar-refractivity contribution in [2.75, 3.05) is 13.2 Å². The van der Waals surface area contributed by atoms with Gasteiger partial charge in [-0.05, 0) is 64.2 Å². The molecule has 0 radical (unpaired) electrons. The highest BCUT2D eigenvalue weighted by Crippen LogP contribution is 2.12. The summed E-state index contributed by atoms with van der Waals surface area (Å²) in [6.07, 6.45) is 43.6. The Balaban J connectivity index is 4.43. The lowest BCUT2D eigenvalue weighted by Gasteiger charge is -2.18. The molecule has 6 heteroatoms. The van der Waals surface area contributed by atoms with Crippen molar-refractivity contribution in [3.05, 3.63) is 60.8 Å². The van der Waals surface area contributed by atoms with Crippen molar-refractivity contribution in [1.82, 2.24) is 0 Å². The topological polar surface area (TPSA) is 78.9 Å². The summed E-state index contributed by atoms with van der Waals surface area (Å²) in [5.41, 5.74) is 0. The van der Waals surface area contributed by atoms with Crippen LogP contribution in [0.2, 0.25) is 0 Å². The highest BCUT2D eigenvalue weighted by molar-refractivity contribution is 5.71. The van der Waals surface area contributed by atoms with Gasteiger partial charge in [-0.3, -0.25) is 14.4 Å². The molecule has 280 valence electrons. The lowest BCUT2D eigenvalue weighted by molar-refractivity contribution is -0.167. The summed E-state index contributed by atoms with van der Waals surface area (Å²) in [5.74, 6) is -0.966. The van der Waals surface area contributed by atoms with Crippen molar-refractivity contribution >= 4 is 17.9 Å². The number of ether oxygens (including phenoxy) is 3. The maximum absolute atomic E-state index is 12.6. The van der Waals surface area contributed by atoms with E-state index in [-0.39, 0.29) is 37.5 Å². The van der Waals surface area contributed by atoms with E-state index in [9.17, 15) is 14.4 Å². The zero-order chi connectivity index (χ0) is 35.9. The molecule has 0 aromatic rings. The molecular formula is C43H72O6. The SMILES string of the molecule is CC\C=C/C=C\C=C/CCCCCCCC(=O)OCC(COC(=O)CCCCCCCCCCC)OC(=O)CCCC/C=C\C/C=C\CC. The molecule has 49 heavy (non-hydrogen) atoms. The molecule has 0 heterocycles. The zero-order valence-electron chi connectivity index (χ0n) is 31.7. The molecule has 1 unspecified atom stereocenters. The number of hydrogen-bond donors (Lipinski definition) is 0. The molecule has 0 aliphatic carbocycles. The van der Waals surface area contributed by atoms with E-state index in [2.05, 4.69) is 75.5 Å². The summed E-state index contributed by atoms with van der Waals surface area (Å²) in [4.78, 5) is 37.4. The summed E-state index contributed by atoms with van der Waals surface area (Å²) in [6, 6.07) is 0. The van der Waals surface area contributed by atoms with E-state index < -0.39 is 6.10 Å². The van der Waals surface area contributed by atoms with E-state index in [0.29, 0.717) is 19.3 Å². The molecule has 0 N–H and O–H groups in total. The quantitative estimate of drug-likeness (QED) is 0.0221. The third-order valence-corrected chi connectivity index (χ3v) is 8.08. The first-order valence-electron chi connectivity index (χ1n) is 19.8. The first kappa shape index (κ1) is 46.1. The van der Waals surface area contributed by atoms with Gasteiger partial charge in [0, 0.05) is 19.3 Å². The predicted molar refractivity (Wildman–Crippen MR) is 205 cm³/mol. The molecule has 0 spiro atoms. The van der Waals surface area contributed by atoms with Crippen LogP contribution >= 0.6 is 0 Å². The van der Waals surface area contributed by atoms with Crippen LogP contribution in [0.1, 0.15) is 175 Å². The van der Waals surface area contributed by atoms with Gasteiger partial charge in [-0.25, -0.2) is 0 Å². The molecule has 0 fully saturated rings. The highest BCUT2D eigenvalue weighted by Gasteiger charge is 2.19. The summed E-state index contributed by atoms with van der Waals surface area (Å²) in [7, 11) is 0.